The molecule has 34 heavy (non-hydrogen) atoms. The topological polar surface area (TPSA) is 102 Å². The Kier molecular flexibility index (Phi) is 6.49. The molecule has 0 spiro atoms. The van der Waals surface area contributed by atoms with Gasteiger partial charge < -0.3 is 19.8 Å². The van der Waals surface area contributed by atoms with Gasteiger partial charge in [-0.15, -0.1) is 0 Å². The zero-order valence-electron chi connectivity index (χ0n) is 19.2. The summed E-state index contributed by atoms with van der Waals surface area (Å²) in [6.45, 7) is 2.50. The Morgan fingerprint density at radius 1 is 0.912 bits per heavy atom. The van der Waals surface area contributed by atoms with Gasteiger partial charge in [-0.2, -0.15) is 0 Å². The van der Waals surface area contributed by atoms with E-state index in [0.717, 1.165) is 15.7 Å². The summed E-state index contributed by atoms with van der Waals surface area (Å²) in [6, 6.07) is 17.9. The summed E-state index contributed by atoms with van der Waals surface area (Å²) in [7, 11) is 2.96. The molecule has 0 radical (unpaired) electrons. The molecule has 1 aromatic heterocycles. The third kappa shape index (κ3) is 4.71. The second-order valence-corrected chi connectivity index (χ2v) is 7.94. The molecule has 0 fully saturated rings. The number of hydrogen-bond acceptors (Lipinski definition) is 5. The van der Waals surface area contributed by atoms with Crippen molar-refractivity contribution in [2.24, 2.45) is 0 Å². The molecule has 3 aromatic carbocycles. The van der Waals surface area contributed by atoms with Crippen molar-refractivity contribution in [2.75, 3.05) is 14.2 Å². The number of nitrogens with one attached hydrogen (secondary N) is 2. The molecule has 0 unspecified atom stereocenters. The number of rotatable bonds is 7. The second kappa shape index (κ2) is 9.66. The number of methoxy groups -OCH3 is 2. The van der Waals surface area contributed by atoms with Gasteiger partial charge >= 0.3 is 5.69 Å². The normalized spacial score (nSPS) is 10.8. The van der Waals surface area contributed by atoms with E-state index in [1.807, 2.05) is 31.2 Å². The van der Waals surface area contributed by atoms with Crippen molar-refractivity contribution in [1.82, 2.24) is 14.9 Å². The minimum atomic E-state index is -0.537. The first-order chi connectivity index (χ1) is 16.4. The van der Waals surface area contributed by atoms with Gasteiger partial charge in [0.25, 0.3) is 11.5 Å². The van der Waals surface area contributed by atoms with E-state index in [0.29, 0.717) is 40.1 Å². The molecule has 0 bridgehead atoms. The lowest BCUT2D eigenvalue weighted by Gasteiger charge is -2.11. The minimum absolute atomic E-state index is 0.0592. The summed E-state index contributed by atoms with van der Waals surface area (Å²) in [5.74, 6) is 0.611. The molecule has 1 heterocycles. The van der Waals surface area contributed by atoms with E-state index in [-0.39, 0.29) is 12.5 Å². The van der Waals surface area contributed by atoms with E-state index in [9.17, 15) is 14.4 Å². The number of H-pyrrole nitrogens is 1. The van der Waals surface area contributed by atoms with Crippen LogP contribution in [-0.4, -0.2) is 29.7 Å². The standard InChI is InChI=1S/C26H25N3O5/c1-16-4-6-17(7-5-16)14-27-24(30)19-10-8-18(9-11-19)15-29-25(31)20-12-22(33-2)23(34-3)13-21(20)28-26(29)32/h4-13H,14-15H2,1-3H3,(H,27,30)(H,28,32). The van der Waals surface area contributed by atoms with Crippen molar-refractivity contribution in [3.05, 3.63) is 104 Å². The number of aromatic amines is 1. The fraction of sp³-hybridized carbons (Fsp3) is 0.192. The van der Waals surface area contributed by atoms with Crippen LogP contribution < -0.4 is 26.0 Å². The van der Waals surface area contributed by atoms with Crippen LogP contribution in [0.15, 0.2) is 70.3 Å². The summed E-state index contributed by atoms with van der Waals surface area (Å²) in [5, 5.41) is 3.20. The molecule has 0 saturated carbocycles. The maximum Gasteiger partial charge on any atom is 0.329 e. The Labute approximate surface area is 195 Å². The Bertz CT molecular complexity index is 1450. The summed E-state index contributed by atoms with van der Waals surface area (Å²) >= 11 is 0. The molecule has 1 amide bonds. The Morgan fingerprint density at radius 2 is 1.53 bits per heavy atom. The van der Waals surface area contributed by atoms with Crippen molar-refractivity contribution in [2.45, 2.75) is 20.0 Å². The fourth-order valence-corrected chi connectivity index (χ4v) is 3.66. The molecule has 0 saturated heterocycles. The number of carbonyl (C=O) groups is 1. The van der Waals surface area contributed by atoms with Gasteiger partial charge in [-0.25, -0.2) is 4.79 Å². The van der Waals surface area contributed by atoms with Crippen LogP contribution in [0.1, 0.15) is 27.0 Å². The van der Waals surface area contributed by atoms with Crippen LogP contribution in [0.5, 0.6) is 11.5 Å². The second-order valence-electron chi connectivity index (χ2n) is 7.94. The van der Waals surface area contributed by atoms with Gasteiger partial charge in [0.2, 0.25) is 0 Å². The Balaban J connectivity index is 1.53. The minimum Gasteiger partial charge on any atom is -0.493 e. The highest BCUT2D eigenvalue weighted by Gasteiger charge is 2.13. The number of ether oxygens (including phenoxy) is 2. The molecule has 0 aliphatic heterocycles. The molecule has 174 valence electrons. The van der Waals surface area contributed by atoms with Gasteiger partial charge in [-0.05, 0) is 36.2 Å². The molecule has 8 nitrogen and oxygen atoms in total. The first kappa shape index (κ1) is 22.8. The molecule has 4 rings (SSSR count). The van der Waals surface area contributed by atoms with Crippen molar-refractivity contribution in [1.29, 1.82) is 0 Å². The van der Waals surface area contributed by atoms with E-state index < -0.39 is 11.2 Å². The Hall–Kier alpha value is -4.33. The van der Waals surface area contributed by atoms with Gasteiger partial charge in [0, 0.05) is 18.2 Å². The molecular weight excluding hydrogens is 434 g/mol. The van der Waals surface area contributed by atoms with E-state index >= 15 is 0 Å². The molecule has 0 atom stereocenters. The number of fused-ring (bicyclic) bond motifs is 1. The number of aryl methyl sites for hydroxylation is 1. The first-order valence-corrected chi connectivity index (χ1v) is 10.7. The van der Waals surface area contributed by atoms with Gasteiger partial charge in [-0.1, -0.05) is 42.0 Å². The van der Waals surface area contributed by atoms with Crippen LogP contribution in [0.4, 0.5) is 0 Å². The zero-order valence-corrected chi connectivity index (χ0v) is 19.2. The highest BCUT2D eigenvalue weighted by Crippen LogP contribution is 2.29. The monoisotopic (exact) mass is 459 g/mol. The molecular formula is C26H25N3O5. The fourth-order valence-electron chi connectivity index (χ4n) is 3.66. The quantitative estimate of drug-likeness (QED) is 0.442. The van der Waals surface area contributed by atoms with Crippen LogP contribution in [0.3, 0.4) is 0 Å². The number of carbonyl (C=O) groups excluding carboxylic acids is 1. The van der Waals surface area contributed by atoms with E-state index in [1.54, 1.807) is 36.4 Å². The van der Waals surface area contributed by atoms with E-state index in [4.69, 9.17) is 9.47 Å². The van der Waals surface area contributed by atoms with Crippen molar-refractivity contribution in [3.8, 4) is 11.5 Å². The lowest BCUT2D eigenvalue weighted by atomic mass is 10.1. The smallest absolute Gasteiger partial charge is 0.329 e. The molecule has 4 aromatic rings. The number of benzene rings is 3. The SMILES string of the molecule is COc1cc2[nH]c(=O)n(Cc3ccc(C(=O)NCc4ccc(C)cc4)cc3)c(=O)c2cc1OC. The van der Waals surface area contributed by atoms with E-state index in [2.05, 4.69) is 10.3 Å². The molecule has 0 aliphatic rings. The zero-order chi connectivity index (χ0) is 24.2. The number of amides is 1. The van der Waals surface area contributed by atoms with Crippen molar-refractivity contribution >= 4 is 16.8 Å². The highest BCUT2D eigenvalue weighted by molar-refractivity contribution is 5.94. The lowest BCUT2D eigenvalue weighted by molar-refractivity contribution is 0.0951. The number of nitrogens with zero attached hydrogens (tertiary/aromatic N) is 1. The highest BCUT2D eigenvalue weighted by atomic mass is 16.5. The average molecular weight is 460 g/mol. The van der Waals surface area contributed by atoms with Gasteiger partial charge in [0.05, 0.1) is 31.7 Å². The predicted octanol–water partition coefficient (Wildman–Crippen LogP) is 2.99. The summed E-state index contributed by atoms with van der Waals surface area (Å²) in [6.07, 6.45) is 0. The number of hydrogen-bond donors (Lipinski definition) is 2. The largest absolute Gasteiger partial charge is 0.493 e. The van der Waals surface area contributed by atoms with Crippen LogP contribution >= 0.6 is 0 Å². The first-order valence-electron chi connectivity index (χ1n) is 10.7. The molecule has 2 N–H and O–H groups in total. The number of aromatic nitrogens is 2. The van der Waals surface area contributed by atoms with Crippen molar-refractivity contribution < 1.29 is 14.3 Å². The van der Waals surface area contributed by atoms with Crippen LogP contribution in [0.2, 0.25) is 0 Å². The third-order valence-corrected chi connectivity index (χ3v) is 5.62. The molecule has 8 heteroatoms. The summed E-state index contributed by atoms with van der Waals surface area (Å²) in [4.78, 5) is 40.8. The molecule has 0 aliphatic carbocycles. The third-order valence-electron chi connectivity index (χ3n) is 5.62. The maximum atomic E-state index is 13.0. The van der Waals surface area contributed by atoms with Gasteiger partial charge in [-0.3, -0.25) is 14.2 Å². The van der Waals surface area contributed by atoms with Gasteiger partial charge in [0.15, 0.2) is 11.5 Å². The van der Waals surface area contributed by atoms with Crippen molar-refractivity contribution in [3.63, 3.8) is 0 Å². The average Bonchev–Trinajstić information content (AvgIpc) is 2.85. The predicted molar refractivity (Wildman–Crippen MR) is 130 cm³/mol. The summed E-state index contributed by atoms with van der Waals surface area (Å²) in [5.41, 5.74) is 2.76. The van der Waals surface area contributed by atoms with Gasteiger partial charge in [0.1, 0.15) is 0 Å². The van der Waals surface area contributed by atoms with Crippen LogP contribution in [0.25, 0.3) is 10.9 Å². The Morgan fingerprint density at radius 3 is 2.18 bits per heavy atom. The maximum absolute atomic E-state index is 13.0. The lowest BCUT2D eigenvalue weighted by Crippen LogP contribution is -2.35. The van der Waals surface area contributed by atoms with Crippen LogP contribution in [0, 0.1) is 6.92 Å². The summed E-state index contributed by atoms with van der Waals surface area (Å²) < 4.78 is 11.6. The van der Waals surface area contributed by atoms with Crippen LogP contribution in [-0.2, 0) is 13.1 Å². The van der Waals surface area contributed by atoms with E-state index in [1.165, 1.54) is 14.2 Å².